The first-order valence-electron chi connectivity index (χ1n) is 8.78. The van der Waals surface area contributed by atoms with Crippen LogP contribution in [0.5, 0.6) is 0 Å². The average Bonchev–Trinajstić information content (AvgIpc) is 2.67. The molecule has 0 bridgehead atoms. The van der Waals surface area contributed by atoms with E-state index in [-0.39, 0.29) is 16.1 Å². The smallest absolute Gasteiger partial charge is 0.391 e. The van der Waals surface area contributed by atoms with Crippen molar-refractivity contribution in [2.75, 3.05) is 26.2 Å². The van der Waals surface area contributed by atoms with Crippen LogP contribution in [0.1, 0.15) is 36.5 Å². The van der Waals surface area contributed by atoms with Crippen LogP contribution < -0.4 is 0 Å². The maximum Gasteiger partial charge on any atom is 0.434 e. The second-order valence-corrected chi connectivity index (χ2v) is 6.84. The second kappa shape index (κ2) is 9.74. The number of piperidine rings is 1. The molecule has 2 aromatic rings. The van der Waals surface area contributed by atoms with Gasteiger partial charge in [-0.2, -0.15) is 0 Å². The summed E-state index contributed by atoms with van der Waals surface area (Å²) < 4.78 is 11.9. The van der Waals surface area contributed by atoms with Gasteiger partial charge in [-0.05, 0) is 37.1 Å². The maximum atomic E-state index is 6.09. The molecule has 24 heavy (non-hydrogen) atoms. The van der Waals surface area contributed by atoms with Crippen molar-refractivity contribution in [2.45, 2.75) is 25.4 Å². The second-order valence-electron chi connectivity index (χ2n) is 6.15. The van der Waals surface area contributed by atoms with Crippen LogP contribution in [-0.4, -0.2) is 41.1 Å². The molecule has 0 amide bonds. The van der Waals surface area contributed by atoms with Crippen LogP contribution in [0.3, 0.4) is 0 Å². The van der Waals surface area contributed by atoms with E-state index in [9.17, 15) is 0 Å². The molecule has 3 nitrogen and oxygen atoms in total. The van der Waals surface area contributed by atoms with Gasteiger partial charge in [-0.3, -0.25) is 0 Å². The molecule has 0 aromatic heterocycles. The van der Waals surface area contributed by atoms with Gasteiger partial charge in [-0.1, -0.05) is 67.1 Å². The Balaban J connectivity index is 1.49. The van der Waals surface area contributed by atoms with Gasteiger partial charge in [0, 0.05) is 13.2 Å². The summed E-state index contributed by atoms with van der Waals surface area (Å²) in [5.74, 6) is 0. The molecular weight excluding hydrogens is 314 g/mol. The van der Waals surface area contributed by atoms with Crippen LogP contribution in [0, 0.1) is 0 Å². The van der Waals surface area contributed by atoms with Gasteiger partial charge in [0.1, 0.15) is 0 Å². The van der Waals surface area contributed by atoms with Crippen molar-refractivity contribution in [3.63, 3.8) is 0 Å². The third kappa shape index (κ3) is 5.28. The zero-order valence-corrected chi connectivity index (χ0v) is 15.1. The van der Waals surface area contributed by atoms with E-state index in [4.69, 9.17) is 8.85 Å². The summed E-state index contributed by atoms with van der Waals surface area (Å²) in [4.78, 5) is 2.49. The number of likely N-dealkylation sites (tertiary alicyclic amines) is 1. The molecule has 1 fully saturated rings. The number of hydrogen-bond acceptors (Lipinski definition) is 3. The average molecular weight is 340 g/mol. The molecular formula is C20H25NO2Si. The van der Waals surface area contributed by atoms with Crippen LogP contribution in [0.4, 0.5) is 0 Å². The molecule has 1 aliphatic heterocycles. The Hall–Kier alpha value is -1.46. The summed E-state index contributed by atoms with van der Waals surface area (Å²) in [7, 11) is 0.0580. The molecule has 2 radical (unpaired) electrons. The largest absolute Gasteiger partial charge is 0.434 e. The van der Waals surface area contributed by atoms with E-state index in [2.05, 4.69) is 53.4 Å². The fraction of sp³-hybridized carbons (Fsp3) is 0.400. The van der Waals surface area contributed by atoms with Crippen molar-refractivity contribution in [3.05, 3.63) is 71.8 Å². The topological polar surface area (TPSA) is 21.7 Å². The fourth-order valence-electron chi connectivity index (χ4n) is 3.07. The molecule has 0 spiro atoms. The van der Waals surface area contributed by atoms with Gasteiger partial charge in [0.25, 0.3) is 0 Å². The predicted octanol–water partition coefficient (Wildman–Crippen LogP) is 3.83. The van der Waals surface area contributed by atoms with Crippen molar-refractivity contribution in [1.29, 1.82) is 0 Å². The van der Waals surface area contributed by atoms with Crippen molar-refractivity contribution >= 4 is 10.0 Å². The summed E-state index contributed by atoms with van der Waals surface area (Å²) in [5.41, 5.74) is 2.33. The molecule has 2 aromatic carbocycles. The lowest BCUT2D eigenvalue weighted by molar-refractivity contribution is 0.148. The van der Waals surface area contributed by atoms with Crippen molar-refractivity contribution in [1.82, 2.24) is 4.90 Å². The van der Waals surface area contributed by atoms with Crippen LogP contribution in [-0.2, 0) is 8.85 Å². The third-order valence-electron chi connectivity index (χ3n) is 4.39. The van der Waals surface area contributed by atoms with E-state index in [1.54, 1.807) is 0 Å². The quantitative estimate of drug-likeness (QED) is 0.539. The van der Waals surface area contributed by atoms with Gasteiger partial charge in [-0.25, -0.2) is 0 Å². The van der Waals surface area contributed by atoms with E-state index in [1.807, 2.05) is 12.1 Å². The van der Waals surface area contributed by atoms with E-state index < -0.39 is 0 Å². The fourth-order valence-corrected chi connectivity index (χ4v) is 3.68. The minimum atomic E-state index is -0.0688. The van der Waals surface area contributed by atoms with Gasteiger partial charge in [0.2, 0.25) is 0 Å². The van der Waals surface area contributed by atoms with E-state index in [1.165, 1.54) is 32.4 Å². The Morgan fingerprint density at radius 2 is 1.42 bits per heavy atom. The minimum Gasteiger partial charge on any atom is -0.391 e. The molecule has 0 atom stereocenters. The van der Waals surface area contributed by atoms with Crippen LogP contribution in [0.2, 0.25) is 0 Å². The Morgan fingerprint density at radius 3 is 2.00 bits per heavy atom. The summed E-state index contributed by atoms with van der Waals surface area (Å²) in [5, 5.41) is 0. The van der Waals surface area contributed by atoms with Crippen LogP contribution in [0.25, 0.3) is 0 Å². The zero-order valence-electron chi connectivity index (χ0n) is 14.1. The van der Waals surface area contributed by atoms with Crippen molar-refractivity contribution < 1.29 is 8.85 Å². The number of nitrogens with zero attached hydrogens (tertiary/aromatic N) is 1. The predicted molar refractivity (Wildman–Crippen MR) is 97.8 cm³/mol. The molecule has 4 heteroatoms. The number of benzene rings is 2. The van der Waals surface area contributed by atoms with Gasteiger partial charge in [-0.15, -0.1) is 0 Å². The highest BCUT2D eigenvalue weighted by molar-refractivity contribution is 6.18. The monoisotopic (exact) mass is 339 g/mol. The third-order valence-corrected chi connectivity index (χ3v) is 5.04. The molecule has 1 saturated heterocycles. The van der Waals surface area contributed by atoms with Gasteiger partial charge < -0.3 is 13.8 Å². The summed E-state index contributed by atoms with van der Waals surface area (Å²) in [6.07, 6.45) is 3.95. The molecule has 0 saturated carbocycles. The lowest BCUT2D eigenvalue weighted by atomic mass is 10.0. The van der Waals surface area contributed by atoms with Gasteiger partial charge in [0.05, 0.1) is 6.10 Å². The number of hydrogen-bond donors (Lipinski definition) is 0. The first-order valence-corrected chi connectivity index (χ1v) is 9.60. The molecule has 0 unspecified atom stereocenters. The first kappa shape index (κ1) is 17.4. The van der Waals surface area contributed by atoms with E-state index >= 15 is 0 Å². The summed E-state index contributed by atoms with van der Waals surface area (Å²) >= 11 is 0. The van der Waals surface area contributed by atoms with Gasteiger partial charge >= 0.3 is 10.0 Å². The SMILES string of the molecule is c1ccc(C(O[Si]OCCN2CCCCC2)c2ccccc2)cc1. The summed E-state index contributed by atoms with van der Waals surface area (Å²) in [6.45, 7) is 4.18. The normalized spacial score (nSPS) is 15.7. The maximum absolute atomic E-state index is 6.09. The van der Waals surface area contributed by atoms with Crippen molar-refractivity contribution in [3.8, 4) is 0 Å². The van der Waals surface area contributed by atoms with Crippen LogP contribution >= 0.6 is 0 Å². The lowest BCUT2D eigenvalue weighted by Crippen LogP contribution is -2.33. The molecule has 3 rings (SSSR count). The Kier molecular flexibility index (Phi) is 7.05. The van der Waals surface area contributed by atoms with Crippen molar-refractivity contribution in [2.24, 2.45) is 0 Å². The minimum absolute atomic E-state index is 0.0580. The summed E-state index contributed by atoms with van der Waals surface area (Å²) in [6, 6.07) is 20.7. The Labute approximate surface area is 147 Å². The number of rotatable bonds is 8. The van der Waals surface area contributed by atoms with Crippen LogP contribution in [0.15, 0.2) is 60.7 Å². The Bertz CT molecular complexity index is 533. The van der Waals surface area contributed by atoms with E-state index in [0.717, 1.165) is 24.3 Å². The standard InChI is InChI=1S/C20H25NO2Si/c1-4-10-18(11-5-1)20(19-12-6-2-7-13-19)23-24-22-17-16-21-14-8-3-9-15-21/h1-2,4-7,10-13,20H,3,8-9,14-17H2. The van der Waals surface area contributed by atoms with Gasteiger partial charge in [0.15, 0.2) is 0 Å². The molecule has 1 aliphatic rings. The molecule has 1 heterocycles. The molecule has 126 valence electrons. The molecule has 0 N–H and O–H groups in total. The highest BCUT2D eigenvalue weighted by atomic mass is 28.3. The Morgan fingerprint density at radius 1 is 0.833 bits per heavy atom. The lowest BCUT2D eigenvalue weighted by Gasteiger charge is -2.26. The zero-order chi connectivity index (χ0) is 16.5. The highest BCUT2D eigenvalue weighted by Crippen LogP contribution is 2.25. The first-order chi connectivity index (χ1) is 11.9. The van der Waals surface area contributed by atoms with E-state index in [0.29, 0.717) is 0 Å². The molecule has 0 aliphatic carbocycles. The highest BCUT2D eigenvalue weighted by Gasteiger charge is 2.15.